The number of rotatable bonds is 8. The van der Waals surface area contributed by atoms with Gasteiger partial charge in [0, 0.05) is 18.5 Å². The van der Waals surface area contributed by atoms with Crippen molar-refractivity contribution >= 4 is 52.1 Å². The van der Waals surface area contributed by atoms with Crippen LogP contribution in [-0.4, -0.2) is 17.0 Å². The average Bonchev–Trinajstić information content (AvgIpc) is 2.80. The molecule has 0 N–H and O–H groups in total. The van der Waals surface area contributed by atoms with Crippen LogP contribution in [-0.2, 0) is 0 Å². The summed E-state index contributed by atoms with van der Waals surface area (Å²) in [7, 11) is 0. The van der Waals surface area contributed by atoms with Gasteiger partial charge in [-0.3, -0.25) is 9.97 Å². The molecule has 2 aromatic heterocycles. The van der Waals surface area contributed by atoms with Crippen molar-refractivity contribution in [2.45, 2.75) is 46.5 Å². The molecule has 2 aliphatic rings. The van der Waals surface area contributed by atoms with E-state index < -0.39 is 0 Å². The highest BCUT2D eigenvalue weighted by Crippen LogP contribution is 2.36. The van der Waals surface area contributed by atoms with Crippen LogP contribution in [0.1, 0.15) is 55.4 Å². The minimum Gasteiger partial charge on any atom is -0.253 e. The molecule has 1 unspecified atom stereocenters. The minimum absolute atomic E-state index is 0.139. The smallest absolute Gasteiger partial charge is 0.0762 e. The predicted molar refractivity (Wildman–Crippen MR) is 157 cm³/mol. The number of nitrogens with zero attached hydrogens (tertiary/aromatic N) is 2. The first-order chi connectivity index (χ1) is 15.6. The Morgan fingerprint density at radius 2 is 1.53 bits per heavy atom. The van der Waals surface area contributed by atoms with Crippen LogP contribution in [0.15, 0.2) is 76.4 Å². The maximum Gasteiger partial charge on any atom is 0.0762 e. The largest absolute Gasteiger partial charge is 0.253 e. The zero-order chi connectivity index (χ0) is 22.3. The van der Waals surface area contributed by atoms with Crippen LogP contribution in [0.25, 0.3) is 3.58 Å². The lowest BCUT2D eigenvalue weighted by Gasteiger charge is -2.19. The Hall–Kier alpha value is -1.54. The van der Waals surface area contributed by atoms with Gasteiger partial charge in [-0.2, -0.15) is 0 Å². The molecular weight excluding hydrogens is 618 g/mol. The summed E-state index contributed by atoms with van der Waals surface area (Å²) in [6, 6.07) is 12.7. The van der Waals surface area contributed by atoms with Gasteiger partial charge in [0.2, 0.25) is 0 Å². The quantitative estimate of drug-likeness (QED) is 0.272. The van der Waals surface area contributed by atoms with Crippen molar-refractivity contribution in [3.63, 3.8) is 0 Å². The molecule has 0 radical (unpaired) electrons. The van der Waals surface area contributed by atoms with Crippen LogP contribution >= 0.6 is 41.5 Å². The van der Waals surface area contributed by atoms with E-state index in [0.717, 1.165) is 17.3 Å². The van der Waals surface area contributed by atoms with Gasteiger partial charge in [-0.1, -0.05) is 97.7 Å². The first-order valence-electron chi connectivity index (χ1n) is 11.3. The topological polar surface area (TPSA) is 25.8 Å². The van der Waals surface area contributed by atoms with Gasteiger partial charge in [0.25, 0.3) is 0 Å². The summed E-state index contributed by atoms with van der Waals surface area (Å²) in [4.78, 5) is 9.55. The molecule has 0 fully saturated rings. The van der Waals surface area contributed by atoms with Crippen molar-refractivity contribution < 1.29 is 0 Å². The van der Waals surface area contributed by atoms with Gasteiger partial charge >= 0.3 is 0 Å². The Balaban J connectivity index is 1.48. The first-order valence-corrected chi connectivity index (χ1v) is 15.6. The molecule has 0 aliphatic carbocycles. The van der Waals surface area contributed by atoms with E-state index in [1.165, 1.54) is 44.2 Å². The molecule has 0 amide bonds. The van der Waals surface area contributed by atoms with Crippen LogP contribution in [0.5, 0.6) is 0 Å². The second-order valence-electron chi connectivity index (χ2n) is 8.22. The Morgan fingerprint density at radius 1 is 0.812 bits per heavy atom. The molecule has 4 rings (SSSR count). The first kappa shape index (κ1) is 23.6. The summed E-state index contributed by atoms with van der Waals surface area (Å²) in [5.74, 6) is 0.730. The normalized spacial score (nSPS) is 16.7. The van der Waals surface area contributed by atoms with Crippen molar-refractivity contribution in [3.05, 3.63) is 99.2 Å². The van der Waals surface area contributed by atoms with Gasteiger partial charge in [-0.15, -0.1) is 0 Å². The maximum absolute atomic E-state index is 4.77. The Morgan fingerprint density at radius 3 is 2.28 bits per heavy atom. The highest BCUT2D eigenvalue weighted by atomic mass is 127. The van der Waals surface area contributed by atoms with Crippen molar-refractivity contribution in [3.8, 4) is 0 Å². The van der Waals surface area contributed by atoms with Gasteiger partial charge in [0.1, 0.15) is 0 Å². The standard InChI is InChI=1S/C28H30I2N2/c1-4-9-22(18-23-12-7-14-25(29-23)27-16-5-10-20(2)31-27)19-24-13-8-15-26(30-24)28-17-6-11-21(3)32-28/h5-8,10-17,22H,4,9,18-19H2,1-3H3. The van der Waals surface area contributed by atoms with Gasteiger partial charge in [-0.05, 0) is 76.1 Å². The zero-order valence-corrected chi connectivity index (χ0v) is 23.3. The third kappa shape index (κ3) is 6.50. The van der Waals surface area contributed by atoms with Crippen LogP contribution < -0.4 is 0 Å². The SMILES string of the molecule is CCCC(CC1=CC=CC(c2cccc(C)n2)=I1)CC1=IC(c2cccc(C)n2)=CC=C1. The summed E-state index contributed by atoms with van der Waals surface area (Å²) in [6.07, 6.45) is 18.8. The predicted octanol–water partition coefficient (Wildman–Crippen LogP) is 7.99. The molecule has 0 spiro atoms. The molecule has 0 aromatic carbocycles. The number of pyridine rings is 2. The lowest BCUT2D eigenvalue weighted by Crippen LogP contribution is -2.08. The van der Waals surface area contributed by atoms with E-state index in [9.17, 15) is 0 Å². The van der Waals surface area contributed by atoms with Gasteiger partial charge < -0.3 is 0 Å². The fourth-order valence-corrected chi connectivity index (χ4v) is 9.81. The second kappa shape index (κ2) is 11.5. The number of halogens is 2. The molecule has 0 bridgehead atoms. The van der Waals surface area contributed by atoms with Gasteiger partial charge in [0.05, 0.1) is 11.4 Å². The molecule has 2 nitrogen and oxygen atoms in total. The molecular formula is C28H30I2N2. The van der Waals surface area contributed by atoms with E-state index in [-0.39, 0.29) is 41.5 Å². The average molecular weight is 648 g/mol. The van der Waals surface area contributed by atoms with Crippen molar-refractivity contribution in [1.82, 2.24) is 9.97 Å². The molecule has 4 heteroatoms. The third-order valence-corrected chi connectivity index (χ3v) is 11.4. The van der Waals surface area contributed by atoms with Crippen LogP contribution in [0.4, 0.5) is 0 Å². The highest BCUT2D eigenvalue weighted by molar-refractivity contribution is 14.2. The minimum atomic E-state index is -0.139. The highest BCUT2D eigenvalue weighted by Gasteiger charge is 2.16. The second-order valence-corrected chi connectivity index (χ2v) is 14.4. The molecule has 1 atom stereocenters. The van der Waals surface area contributed by atoms with Gasteiger partial charge in [-0.25, -0.2) is 0 Å². The number of aryl methyl sites for hydroxylation is 2. The fourth-order valence-electron chi connectivity index (χ4n) is 3.93. The van der Waals surface area contributed by atoms with E-state index in [1.807, 2.05) is 0 Å². The van der Waals surface area contributed by atoms with Crippen molar-refractivity contribution in [2.75, 3.05) is 0 Å². The van der Waals surface area contributed by atoms with Crippen molar-refractivity contribution in [2.24, 2.45) is 5.92 Å². The fraction of sp³-hybridized carbons (Fsp3) is 0.286. The van der Waals surface area contributed by atoms with Crippen LogP contribution in [0.2, 0.25) is 0 Å². The van der Waals surface area contributed by atoms with E-state index in [4.69, 9.17) is 9.97 Å². The number of aromatic nitrogens is 2. The van der Waals surface area contributed by atoms with Crippen LogP contribution in [0.3, 0.4) is 0 Å². The summed E-state index contributed by atoms with van der Waals surface area (Å²) < 4.78 is 6.21. The molecule has 2 aromatic rings. The summed E-state index contributed by atoms with van der Waals surface area (Å²) >= 11 is -0.278. The third-order valence-electron chi connectivity index (χ3n) is 5.42. The molecule has 32 heavy (non-hydrogen) atoms. The summed E-state index contributed by atoms with van der Waals surface area (Å²) in [5.41, 5.74) is 4.54. The Kier molecular flexibility index (Phi) is 8.52. The lowest BCUT2D eigenvalue weighted by molar-refractivity contribution is 0.504. The van der Waals surface area contributed by atoms with E-state index in [1.54, 1.807) is 7.09 Å². The maximum atomic E-state index is 4.77. The molecule has 0 saturated carbocycles. The molecule has 166 valence electrons. The number of hydrogen-bond donors (Lipinski definition) is 0. The van der Waals surface area contributed by atoms with E-state index in [2.05, 4.69) is 93.6 Å². The number of allylic oxidation sites excluding steroid dienone is 7. The summed E-state index contributed by atoms with van der Waals surface area (Å²) in [6.45, 7) is 6.48. The zero-order valence-electron chi connectivity index (χ0n) is 19.0. The monoisotopic (exact) mass is 648 g/mol. The van der Waals surface area contributed by atoms with Gasteiger partial charge in [0.15, 0.2) is 0 Å². The van der Waals surface area contributed by atoms with Crippen LogP contribution in [0, 0.1) is 19.8 Å². The number of hydrogen-bond acceptors (Lipinski definition) is 2. The molecule has 2 aliphatic heterocycles. The van der Waals surface area contributed by atoms with E-state index in [0.29, 0.717) is 0 Å². The molecule has 4 heterocycles. The van der Waals surface area contributed by atoms with Crippen molar-refractivity contribution in [1.29, 1.82) is 0 Å². The summed E-state index contributed by atoms with van der Waals surface area (Å²) in [5, 5.41) is 0. The Bertz CT molecular complexity index is 1120. The molecule has 0 saturated heterocycles. The lowest BCUT2D eigenvalue weighted by atomic mass is 9.94. The van der Waals surface area contributed by atoms with E-state index >= 15 is 0 Å². The Labute approximate surface area is 212 Å².